The summed E-state index contributed by atoms with van der Waals surface area (Å²) >= 11 is 3.96. The van der Waals surface area contributed by atoms with E-state index in [2.05, 4.69) is 12.6 Å². The molecule has 0 bridgehead atoms. The first kappa shape index (κ1) is 7.63. The molecule has 1 nitrogen and oxygen atoms in total. The Kier molecular flexibility index (Phi) is 4.56. The third kappa shape index (κ3) is 3.81. The first-order chi connectivity index (χ1) is 3.81. The highest BCUT2D eigenvalue weighted by atomic mass is 32.1. The Morgan fingerprint density at radius 1 is 1.75 bits per heavy atom. The van der Waals surface area contributed by atoms with Crippen molar-refractivity contribution in [1.29, 1.82) is 0 Å². The van der Waals surface area contributed by atoms with Crippen LogP contribution in [0.2, 0.25) is 0 Å². The molecule has 0 aromatic carbocycles. The summed E-state index contributed by atoms with van der Waals surface area (Å²) in [5.41, 5.74) is 6.19. The van der Waals surface area contributed by atoms with Gasteiger partial charge in [-0.05, 0) is 13.0 Å². The van der Waals surface area contributed by atoms with Crippen molar-refractivity contribution in [2.24, 2.45) is 5.73 Å². The second kappa shape index (κ2) is 4.78. The van der Waals surface area contributed by atoms with E-state index in [1.165, 1.54) is 0 Å². The van der Waals surface area contributed by atoms with E-state index in [-0.39, 0.29) is 0 Å². The van der Waals surface area contributed by atoms with Gasteiger partial charge in [0.15, 0.2) is 0 Å². The lowest BCUT2D eigenvalue weighted by Crippen LogP contribution is -1.96. The molecule has 0 saturated carbocycles. The molecule has 0 aliphatic carbocycles. The quantitative estimate of drug-likeness (QED) is 0.427. The highest BCUT2D eigenvalue weighted by Gasteiger charge is 1.76. The van der Waals surface area contributed by atoms with Gasteiger partial charge in [-0.2, -0.15) is 12.6 Å². The molecular formula is C6H11NS. The Morgan fingerprint density at radius 2 is 2.38 bits per heavy atom. The van der Waals surface area contributed by atoms with Gasteiger partial charge in [-0.1, -0.05) is 12.2 Å². The van der Waals surface area contributed by atoms with Crippen LogP contribution >= 0.6 is 12.6 Å². The number of hydrogen-bond acceptors (Lipinski definition) is 2. The van der Waals surface area contributed by atoms with E-state index >= 15 is 0 Å². The Bertz CT molecular complexity index is 105. The molecule has 2 N–H and O–H groups in total. The molecule has 0 fully saturated rings. The highest BCUT2D eigenvalue weighted by molar-refractivity contribution is 7.80. The third-order valence-corrected chi connectivity index (χ3v) is 1.05. The molecule has 0 heterocycles. The summed E-state index contributed by atoms with van der Waals surface area (Å²) < 4.78 is 0. The molecule has 0 aromatic rings. The lowest BCUT2D eigenvalue weighted by molar-refractivity contribution is 1.33. The van der Waals surface area contributed by atoms with Gasteiger partial charge in [0.2, 0.25) is 0 Å². The van der Waals surface area contributed by atoms with E-state index in [4.69, 9.17) is 5.73 Å². The fourth-order valence-corrected chi connectivity index (χ4v) is 0.378. The van der Waals surface area contributed by atoms with E-state index in [1.807, 2.05) is 25.2 Å². The maximum atomic E-state index is 5.39. The average molecular weight is 129 g/mol. The maximum absolute atomic E-state index is 5.39. The van der Waals surface area contributed by atoms with Crippen LogP contribution in [0, 0.1) is 0 Å². The van der Waals surface area contributed by atoms with Gasteiger partial charge >= 0.3 is 0 Å². The van der Waals surface area contributed by atoms with E-state index in [9.17, 15) is 0 Å². The molecule has 46 valence electrons. The van der Waals surface area contributed by atoms with Crippen LogP contribution in [0.4, 0.5) is 0 Å². The van der Waals surface area contributed by atoms with Gasteiger partial charge in [0.25, 0.3) is 0 Å². The van der Waals surface area contributed by atoms with Crippen molar-refractivity contribution in [3.8, 4) is 0 Å². The van der Waals surface area contributed by atoms with Crippen LogP contribution in [0.15, 0.2) is 23.9 Å². The molecule has 8 heavy (non-hydrogen) atoms. The Labute approximate surface area is 55.7 Å². The van der Waals surface area contributed by atoms with Crippen molar-refractivity contribution in [1.82, 2.24) is 0 Å². The molecular weight excluding hydrogens is 118 g/mol. The van der Waals surface area contributed by atoms with Gasteiger partial charge in [0.05, 0.1) is 0 Å². The van der Waals surface area contributed by atoms with Crippen LogP contribution in [-0.2, 0) is 0 Å². The number of thiol groups is 1. The second-order valence-corrected chi connectivity index (χ2v) is 1.74. The summed E-state index contributed by atoms with van der Waals surface area (Å²) in [5, 5.41) is 0. The summed E-state index contributed by atoms with van der Waals surface area (Å²) in [5.74, 6) is 0.629. The van der Waals surface area contributed by atoms with Gasteiger partial charge in [-0.25, -0.2) is 0 Å². The maximum Gasteiger partial charge on any atom is 0.0300 e. The van der Waals surface area contributed by atoms with E-state index in [0.717, 1.165) is 5.70 Å². The molecule has 0 aromatic heterocycles. The van der Waals surface area contributed by atoms with Crippen LogP contribution in [0.25, 0.3) is 0 Å². The van der Waals surface area contributed by atoms with E-state index in [0.29, 0.717) is 5.75 Å². The van der Waals surface area contributed by atoms with Crippen molar-refractivity contribution in [3.05, 3.63) is 23.9 Å². The fraction of sp³-hybridized carbons (Fsp3) is 0.333. The minimum absolute atomic E-state index is 0.629. The minimum atomic E-state index is 0.629. The van der Waals surface area contributed by atoms with Crippen molar-refractivity contribution in [3.63, 3.8) is 0 Å². The first-order valence-corrected chi connectivity index (χ1v) is 3.12. The standard InChI is InChI=1S/C6H11NS/c1-2-3-4-6(7)5-8/h2-4,8H,5,7H2,1H3/b3-2-,6-4+. The normalized spacial score (nSPS) is 13.0. The van der Waals surface area contributed by atoms with Crippen LogP contribution < -0.4 is 5.73 Å². The number of rotatable bonds is 2. The SMILES string of the molecule is C/C=C\C=C(\N)CS. The molecule has 0 aliphatic heterocycles. The molecule has 0 aliphatic rings. The average Bonchev–Trinajstić information content (AvgIpc) is 1.83. The molecule has 0 rings (SSSR count). The van der Waals surface area contributed by atoms with Gasteiger partial charge in [-0.3, -0.25) is 0 Å². The summed E-state index contributed by atoms with van der Waals surface area (Å²) in [6.45, 7) is 1.95. The monoisotopic (exact) mass is 129 g/mol. The second-order valence-electron chi connectivity index (χ2n) is 1.43. The lowest BCUT2D eigenvalue weighted by atomic mass is 10.4. The van der Waals surface area contributed by atoms with Crippen molar-refractivity contribution in [2.45, 2.75) is 6.92 Å². The van der Waals surface area contributed by atoms with Gasteiger partial charge in [0.1, 0.15) is 0 Å². The Hall–Kier alpha value is -0.370. The predicted molar refractivity (Wildman–Crippen MR) is 40.9 cm³/mol. The summed E-state index contributed by atoms with van der Waals surface area (Å²) in [6.07, 6.45) is 5.66. The number of nitrogens with two attached hydrogens (primary N) is 1. The van der Waals surface area contributed by atoms with E-state index < -0.39 is 0 Å². The molecule has 0 amide bonds. The highest BCUT2D eigenvalue weighted by Crippen LogP contribution is 1.86. The van der Waals surface area contributed by atoms with E-state index in [1.54, 1.807) is 0 Å². The van der Waals surface area contributed by atoms with Crippen LogP contribution in [0.1, 0.15) is 6.92 Å². The van der Waals surface area contributed by atoms with Gasteiger partial charge < -0.3 is 5.73 Å². The predicted octanol–water partition coefficient (Wildman–Crippen LogP) is 1.33. The van der Waals surface area contributed by atoms with Crippen LogP contribution in [0.3, 0.4) is 0 Å². The zero-order chi connectivity index (χ0) is 6.41. The van der Waals surface area contributed by atoms with Crippen LogP contribution in [0.5, 0.6) is 0 Å². The molecule has 0 unspecified atom stereocenters. The van der Waals surface area contributed by atoms with Gasteiger partial charge in [0, 0.05) is 11.4 Å². The van der Waals surface area contributed by atoms with Crippen LogP contribution in [-0.4, -0.2) is 5.75 Å². The summed E-state index contributed by atoms with van der Waals surface area (Å²) in [6, 6.07) is 0. The molecule has 0 spiro atoms. The third-order valence-electron chi connectivity index (χ3n) is 0.685. The first-order valence-electron chi connectivity index (χ1n) is 2.49. The Morgan fingerprint density at radius 3 is 2.75 bits per heavy atom. The number of allylic oxidation sites excluding steroid dienone is 3. The summed E-state index contributed by atoms with van der Waals surface area (Å²) in [4.78, 5) is 0. The lowest BCUT2D eigenvalue weighted by Gasteiger charge is -1.87. The van der Waals surface area contributed by atoms with Crippen molar-refractivity contribution < 1.29 is 0 Å². The topological polar surface area (TPSA) is 26.0 Å². The Balaban J connectivity index is 3.57. The van der Waals surface area contributed by atoms with Crippen molar-refractivity contribution >= 4 is 12.6 Å². The smallest absolute Gasteiger partial charge is 0.0300 e. The molecule has 0 radical (unpaired) electrons. The summed E-state index contributed by atoms with van der Waals surface area (Å²) in [7, 11) is 0. The molecule has 2 heteroatoms. The minimum Gasteiger partial charge on any atom is -0.401 e. The fourth-order valence-electron chi connectivity index (χ4n) is 0.273. The largest absolute Gasteiger partial charge is 0.401 e. The van der Waals surface area contributed by atoms with Gasteiger partial charge in [-0.15, -0.1) is 0 Å². The molecule has 0 saturated heterocycles. The number of hydrogen-bond donors (Lipinski definition) is 2. The zero-order valence-electron chi connectivity index (χ0n) is 4.96. The zero-order valence-corrected chi connectivity index (χ0v) is 5.86. The molecule has 0 atom stereocenters. The van der Waals surface area contributed by atoms with Crippen molar-refractivity contribution in [2.75, 3.05) is 5.75 Å².